The third kappa shape index (κ3) is 3.93. The number of aryl methyl sites for hydroxylation is 1. The molecule has 2 aromatic rings. The van der Waals surface area contributed by atoms with Crippen molar-refractivity contribution in [2.75, 3.05) is 25.1 Å². The largest absolute Gasteiger partial charge is 0.398 e. The van der Waals surface area contributed by atoms with Gasteiger partial charge in [-0.3, -0.25) is 0 Å². The molecule has 0 aromatic heterocycles. The van der Waals surface area contributed by atoms with Crippen LogP contribution in [-0.4, -0.2) is 32.7 Å². The van der Waals surface area contributed by atoms with E-state index in [4.69, 9.17) is 5.73 Å². The Kier molecular flexibility index (Phi) is 5.10. The van der Waals surface area contributed by atoms with Crippen molar-refractivity contribution < 1.29 is 8.42 Å². The summed E-state index contributed by atoms with van der Waals surface area (Å²) in [5.41, 5.74) is 11.2. The van der Waals surface area contributed by atoms with E-state index < -0.39 is 9.84 Å². The van der Waals surface area contributed by atoms with Gasteiger partial charge in [-0.2, -0.15) is 0 Å². The lowest BCUT2D eigenvalue weighted by atomic mass is 9.89. The Bertz CT molecular complexity index is 910. The van der Waals surface area contributed by atoms with E-state index in [1.165, 1.54) is 11.8 Å². The molecule has 3 rings (SSSR count). The molecule has 1 aliphatic heterocycles. The maximum absolute atomic E-state index is 11.6. The van der Waals surface area contributed by atoms with Crippen LogP contribution in [0.5, 0.6) is 0 Å². The van der Waals surface area contributed by atoms with Crippen molar-refractivity contribution in [2.45, 2.75) is 30.6 Å². The van der Waals surface area contributed by atoms with Crippen molar-refractivity contribution in [3.63, 3.8) is 0 Å². The Morgan fingerprint density at radius 3 is 2.27 bits per heavy atom. The Labute approximate surface area is 156 Å². The number of sulfone groups is 1. The zero-order valence-corrected chi connectivity index (χ0v) is 16.2. The van der Waals surface area contributed by atoms with Gasteiger partial charge in [-0.1, -0.05) is 30.8 Å². The van der Waals surface area contributed by atoms with Crippen LogP contribution >= 0.6 is 0 Å². The molecule has 0 atom stereocenters. The zero-order chi connectivity index (χ0) is 18.9. The van der Waals surface area contributed by atoms with Crippen molar-refractivity contribution in [1.82, 2.24) is 4.90 Å². The summed E-state index contributed by atoms with van der Waals surface area (Å²) in [6, 6.07) is 13.4. The lowest BCUT2D eigenvalue weighted by Gasteiger charge is -2.35. The van der Waals surface area contributed by atoms with Crippen molar-refractivity contribution in [1.29, 1.82) is 0 Å². The lowest BCUT2D eigenvalue weighted by molar-refractivity contribution is 0.299. The molecule has 2 aromatic carbocycles. The second-order valence-electron chi connectivity index (χ2n) is 7.12. The average molecular weight is 371 g/mol. The highest BCUT2D eigenvalue weighted by Gasteiger charge is 2.22. The second-order valence-corrected chi connectivity index (χ2v) is 9.14. The summed E-state index contributed by atoms with van der Waals surface area (Å²) in [7, 11) is -3.14. The maximum Gasteiger partial charge on any atom is 0.175 e. The summed E-state index contributed by atoms with van der Waals surface area (Å²) in [5, 5.41) is 0. The van der Waals surface area contributed by atoms with Gasteiger partial charge in [0.15, 0.2) is 9.84 Å². The third-order valence-electron chi connectivity index (χ3n) is 5.27. The molecular formula is C21H26N2O2S. The van der Waals surface area contributed by atoms with Gasteiger partial charge in [-0.25, -0.2) is 8.42 Å². The van der Waals surface area contributed by atoms with Gasteiger partial charge in [0.2, 0.25) is 0 Å². The number of rotatable bonds is 4. The molecular weight excluding hydrogens is 344 g/mol. The number of nitrogen functional groups attached to an aromatic ring is 1. The summed E-state index contributed by atoms with van der Waals surface area (Å²) < 4.78 is 23.2. The number of hydrogen-bond donors (Lipinski definition) is 1. The lowest BCUT2D eigenvalue weighted by Crippen LogP contribution is -2.31. The molecule has 4 nitrogen and oxygen atoms in total. The number of benzene rings is 2. The van der Waals surface area contributed by atoms with Crippen LogP contribution in [0.3, 0.4) is 0 Å². The molecule has 138 valence electrons. The first-order valence-corrected chi connectivity index (χ1v) is 10.7. The smallest absolute Gasteiger partial charge is 0.175 e. The predicted octanol–water partition coefficient (Wildman–Crippen LogP) is 3.83. The van der Waals surface area contributed by atoms with Crippen LogP contribution in [0.4, 0.5) is 5.69 Å². The van der Waals surface area contributed by atoms with Crippen LogP contribution in [-0.2, 0) is 9.84 Å². The topological polar surface area (TPSA) is 63.4 Å². The molecule has 26 heavy (non-hydrogen) atoms. The van der Waals surface area contributed by atoms with Gasteiger partial charge < -0.3 is 10.6 Å². The van der Waals surface area contributed by atoms with Crippen LogP contribution in [0.2, 0.25) is 0 Å². The van der Waals surface area contributed by atoms with Gasteiger partial charge in [0.25, 0.3) is 0 Å². The fraction of sp³-hybridized carbons (Fsp3) is 0.333. The molecule has 0 saturated carbocycles. The molecule has 0 bridgehead atoms. The average Bonchev–Trinajstić information content (AvgIpc) is 2.63. The Balaban J connectivity index is 1.65. The van der Waals surface area contributed by atoms with Crippen molar-refractivity contribution in [2.24, 2.45) is 0 Å². The fourth-order valence-corrected chi connectivity index (χ4v) is 4.10. The Hall–Kier alpha value is -2.27. The van der Waals surface area contributed by atoms with Gasteiger partial charge in [-0.05, 0) is 60.6 Å². The van der Waals surface area contributed by atoms with Crippen LogP contribution in [0.15, 0.2) is 53.9 Å². The van der Waals surface area contributed by atoms with Gasteiger partial charge in [0.1, 0.15) is 0 Å². The van der Waals surface area contributed by atoms with Gasteiger partial charge in [0.05, 0.1) is 4.90 Å². The van der Waals surface area contributed by atoms with Gasteiger partial charge in [0, 0.05) is 30.7 Å². The number of nitrogens with two attached hydrogens (primary N) is 1. The molecule has 1 saturated heterocycles. The number of anilines is 1. The highest BCUT2D eigenvalue weighted by molar-refractivity contribution is 7.90. The summed E-state index contributed by atoms with van der Waals surface area (Å²) >= 11 is 0. The molecule has 5 heteroatoms. The van der Waals surface area contributed by atoms with Gasteiger partial charge in [-0.15, -0.1) is 0 Å². The van der Waals surface area contributed by atoms with E-state index in [2.05, 4.69) is 17.5 Å². The van der Waals surface area contributed by atoms with E-state index in [1.807, 2.05) is 31.2 Å². The minimum Gasteiger partial charge on any atom is -0.398 e. The van der Waals surface area contributed by atoms with Crippen LogP contribution in [0.1, 0.15) is 35.4 Å². The Morgan fingerprint density at radius 1 is 1.12 bits per heavy atom. The van der Waals surface area contributed by atoms with E-state index in [0.29, 0.717) is 10.8 Å². The molecule has 2 N–H and O–H groups in total. The molecule has 0 spiro atoms. The monoisotopic (exact) mass is 370 g/mol. The molecule has 0 amide bonds. The number of likely N-dealkylation sites (tertiary alicyclic amines) is 1. The van der Waals surface area contributed by atoms with Gasteiger partial charge >= 0.3 is 0 Å². The van der Waals surface area contributed by atoms with Crippen LogP contribution in [0.25, 0.3) is 5.70 Å². The van der Waals surface area contributed by atoms with Crippen molar-refractivity contribution >= 4 is 21.2 Å². The van der Waals surface area contributed by atoms with Crippen molar-refractivity contribution in [3.8, 4) is 0 Å². The molecule has 1 aliphatic rings. The fourth-order valence-electron chi connectivity index (χ4n) is 3.47. The summed E-state index contributed by atoms with van der Waals surface area (Å²) in [6.07, 6.45) is 3.29. The SMILES string of the molecule is C=C(c1ccc(C)c(N)c1)N1CCC(c2ccc(S(C)(=O)=O)cc2)CC1. The van der Waals surface area contributed by atoms with Crippen molar-refractivity contribution in [3.05, 3.63) is 65.7 Å². The predicted molar refractivity (Wildman–Crippen MR) is 108 cm³/mol. The molecule has 0 aliphatic carbocycles. The number of hydrogen-bond acceptors (Lipinski definition) is 4. The van der Waals surface area contributed by atoms with E-state index in [9.17, 15) is 8.42 Å². The highest BCUT2D eigenvalue weighted by atomic mass is 32.2. The van der Waals surface area contributed by atoms with E-state index in [-0.39, 0.29) is 0 Å². The Morgan fingerprint density at radius 2 is 1.73 bits per heavy atom. The second kappa shape index (κ2) is 7.16. The molecule has 0 unspecified atom stereocenters. The first kappa shape index (κ1) is 18.5. The minimum atomic E-state index is -3.14. The highest BCUT2D eigenvalue weighted by Crippen LogP contribution is 2.32. The summed E-state index contributed by atoms with van der Waals surface area (Å²) in [6.45, 7) is 8.13. The first-order valence-electron chi connectivity index (χ1n) is 8.86. The molecule has 0 radical (unpaired) electrons. The normalized spacial score (nSPS) is 15.8. The van der Waals surface area contributed by atoms with E-state index >= 15 is 0 Å². The first-order chi connectivity index (χ1) is 12.3. The van der Waals surface area contributed by atoms with Crippen LogP contribution < -0.4 is 5.73 Å². The quantitative estimate of drug-likeness (QED) is 0.831. The summed E-state index contributed by atoms with van der Waals surface area (Å²) in [5.74, 6) is 0.454. The maximum atomic E-state index is 11.6. The number of nitrogens with zero attached hydrogens (tertiary/aromatic N) is 1. The standard InChI is InChI=1S/C21H26N2O2S/c1-15-4-5-19(14-21(15)22)16(2)23-12-10-18(11-13-23)17-6-8-20(9-7-17)26(3,24)25/h4-9,14,18H,2,10-13,22H2,1,3H3. The third-order valence-corrected chi connectivity index (χ3v) is 6.40. The number of piperidine rings is 1. The minimum absolute atomic E-state index is 0.379. The molecule has 1 fully saturated rings. The van der Waals surface area contributed by atoms with E-state index in [1.54, 1.807) is 12.1 Å². The zero-order valence-electron chi connectivity index (χ0n) is 15.4. The van der Waals surface area contributed by atoms with E-state index in [0.717, 1.165) is 48.4 Å². The molecule has 1 heterocycles. The van der Waals surface area contributed by atoms with Crippen LogP contribution in [0, 0.1) is 6.92 Å². The summed E-state index contributed by atoms with van der Waals surface area (Å²) in [4.78, 5) is 2.69.